The number of piperidine rings is 1. The number of hydrogen-bond acceptors (Lipinski definition) is 5. The van der Waals surface area contributed by atoms with Gasteiger partial charge in [0.25, 0.3) is 0 Å². The van der Waals surface area contributed by atoms with Crippen molar-refractivity contribution in [3.63, 3.8) is 0 Å². The number of likely N-dealkylation sites (tertiary alicyclic amines) is 1. The molecular weight excluding hydrogens is 314 g/mol. The van der Waals surface area contributed by atoms with Gasteiger partial charge in [0.05, 0.1) is 5.88 Å². The van der Waals surface area contributed by atoms with E-state index in [4.69, 9.17) is 4.74 Å². The van der Waals surface area contributed by atoms with Crippen LogP contribution in [-0.4, -0.2) is 83.2 Å². The zero-order chi connectivity index (χ0) is 17.2. The summed E-state index contributed by atoms with van der Waals surface area (Å²) < 4.78 is 5.44. The van der Waals surface area contributed by atoms with E-state index in [1.165, 1.54) is 0 Å². The molecule has 0 aromatic rings. The lowest BCUT2D eigenvalue weighted by Gasteiger charge is -2.37. The van der Waals surface area contributed by atoms with Gasteiger partial charge in [-0.25, -0.2) is 4.79 Å². The number of rotatable bonds is 2. The van der Waals surface area contributed by atoms with E-state index in [1.807, 2.05) is 32.7 Å². The lowest BCUT2D eigenvalue weighted by atomic mass is 10.0. The van der Waals surface area contributed by atoms with Crippen molar-refractivity contribution >= 4 is 23.8 Å². The molecule has 0 aliphatic carbocycles. The molecular formula is C16H29N3O3S. The van der Waals surface area contributed by atoms with E-state index in [1.54, 1.807) is 16.7 Å². The summed E-state index contributed by atoms with van der Waals surface area (Å²) >= 11 is 1.61. The first kappa shape index (κ1) is 18.4. The molecule has 0 aromatic heterocycles. The summed E-state index contributed by atoms with van der Waals surface area (Å²) in [6.07, 6.45) is 1.59. The van der Waals surface area contributed by atoms with Crippen molar-refractivity contribution in [2.45, 2.75) is 51.3 Å². The van der Waals surface area contributed by atoms with Crippen LogP contribution >= 0.6 is 11.8 Å². The molecule has 0 aromatic carbocycles. The lowest BCUT2D eigenvalue weighted by molar-refractivity contribution is -0.137. The van der Waals surface area contributed by atoms with E-state index in [9.17, 15) is 9.59 Å². The fourth-order valence-corrected chi connectivity index (χ4v) is 4.08. The van der Waals surface area contributed by atoms with Gasteiger partial charge in [-0.05, 0) is 53.8 Å². The van der Waals surface area contributed by atoms with Crippen LogP contribution in [0.2, 0.25) is 0 Å². The summed E-state index contributed by atoms with van der Waals surface area (Å²) in [5.41, 5.74) is -0.544. The molecule has 1 unspecified atom stereocenters. The number of thioether (sulfide) groups is 1. The Balaban J connectivity index is 1.98. The zero-order valence-electron chi connectivity index (χ0n) is 14.9. The second kappa shape index (κ2) is 7.30. The van der Waals surface area contributed by atoms with Crippen LogP contribution in [0.15, 0.2) is 0 Å². The summed E-state index contributed by atoms with van der Waals surface area (Å²) in [5.74, 6) is 1.21. The van der Waals surface area contributed by atoms with Crippen molar-refractivity contribution < 1.29 is 14.3 Å². The van der Waals surface area contributed by atoms with Gasteiger partial charge in [-0.15, -0.1) is 11.8 Å². The first-order valence-electron chi connectivity index (χ1n) is 8.21. The van der Waals surface area contributed by atoms with Gasteiger partial charge in [0.15, 0.2) is 0 Å². The van der Waals surface area contributed by atoms with E-state index in [-0.39, 0.29) is 11.9 Å². The van der Waals surface area contributed by atoms with Crippen LogP contribution in [0.1, 0.15) is 33.6 Å². The van der Waals surface area contributed by atoms with Gasteiger partial charge in [0, 0.05) is 18.8 Å². The van der Waals surface area contributed by atoms with Crippen LogP contribution in [0.25, 0.3) is 0 Å². The van der Waals surface area contributed by atoms with E-state index >= 15 is 0 Å². The van der Waals surface area contributed by atoms with Gasteiger partial charge in [0.1, 0.15) is 11.6 Å². The Hall–Kier alpha value is -0.950. The number of carbonyl (C=O) groups excluding carboxylic acids is 2. The highest BCUT2D eigenvalue weighted by atomic mass is 32.2. The van der Waals surface area contributed by atoms with Gasteiger partial charge in [-0.3, -0.25) is 9.69 Å². The molecule has 0 spiro atoms. The SMILES string of the molecule is CN1CCC(N(C)C(=O)C2CSCN2C(=O)OC(C)(C)C)CC1. The predicted octanol–water partition coefficient (Wildman–Crippen LogP) is 1.85. The quantitative estimate of drug-likeness (QED) is 0.766. The molecule has 2 saturated heterocycles. The molecule has 2 heterocycles. The van der Waals surface area contributed by atoms with Crippen molar-refractivity contribution in [2.75, 3.05) is 38.8 Å². The minimum absolute atomic E-state index is 0.0374. The molecule has 2 aliphatic heterocycles. The van der Waals surface area contributed by atoms with Crippen molar-refractivity contribution in [2.24, 2.45) is 0 Å². The molecule has 2 amide bonds. The fourth-order valence-electron chi connectivity index (χ4n) is 2.94. The molecule has 2 rings (SSSR count). The Morgan fingerprint density at radius 1 is 1.22 bits per heavy atom. The van der Waals surface area contributed by atoms with Crippen LogP contribution in [-0.2, 0) is 9.53 Å². The number of nitrogens with zero attached hydrogens (tertiary/aromatic N) is 3. The standard InChI is InChI=1S/C16H29N3O3S/c1-16(2,3)22-15(21)19-11-23-10-13(19)14(20)18(5)12-6-8-17(4)9-7-12/h12-13H,6-11H2,1-5H3. The number of ether oxygens (including phenoxy) is 1. The van der Waals surface area contributed by atoms with Crippen molar-refractivity contribution in [3.05, 3.63) is 0 Å². The molecule has 7 heteroatoms. The molecule has 0 N–H and O–H groups in total. The number of hydrogen-bond donors (Lipinski definition) is 0. The Labute approximate surface area is 143 Å². The Kier molecular flexibility index (Phi) is 5.84. The Morgan fingerprint density at radius 2 is 1.83 bits per heavy atom. The number of carbonyl (C=O) groups is 2. The maximum atomic E-state index is 12.9. The second-order valence-corrected chi connectivity index (χ2v) is 8.45. The van der Waals surface area contributed by atoms with Crippen LogP contribution in [0, 0.1) is 0 Å². The molecule has 23 heavy (non-hydrogen) atoms. The maximum Gasteiger partial charge on any atom is 0.411 e. The van der Waals surface area contributed by atoms with Crippen LogP contribution in [0.3, 0.4) is 0 Å². The van der Waals surface area contributed by atoms with Crippen LogP contribution in [0.5, 0.6) is 0 Å². The highest BCUT2D eigenvalue weighted by Gasteiger charge is 2.40. The third-order valence-electron chi connectivity index (χ3n) is 4.38. The second-order valence-electron chi connectivity index (χ2n) is 7.45. The molecule has 2 fully saturated rings. The van der Waals surface area contributed by atoms with Gasteiger partial charge in [-0.1, -0.05) is 0 Å². The summed E-state index contributed by atoms with van der Waals surface area (Å²) in [7, 11) is 3.98. The molecule has 6 nitrogen and oxygen atoms in total. The number of likely N-dealkylation sites (N-methyl/N-ethyl adjacent to an activating group) is 1. The Bertz CT molecular complexity index is 444. The first-order chi connectivity index (χ1) is 10.7. The van der Waals surface area contributed by atoms with Crippen LogP contribution < -0.4 is 0 Å². The van der Waals surface area contributed by atoms with Crippen LogP contribution in [0.4, 0.5) is 4.79 Å². The third kappa shape index (κ3) is 4.76. The normalized spacial score (nSPS) is 23.9. The third-order valence-corrected chi connectivity index (χ3v) is 5.39. The highest BCUT2D eigenvalue weighted by molar-refractivity contribution is 7.99. The predicted molar refractivity (Wildman–Crippen MR) is 92.5 cm³/mol. The first-order valence-corrected chi connectivity index (χ1v) is 9.37. The van der Waals surface area contributed by atoms with Gasteiger partial charge in [0.2, 0.25) is 5.91 Å². The van der Waals surface area contributed by atoms with Crippen molar-refractivity contribution in [1.29, 1.82) is 0 Å². The molecule has 0 radical (unpaired) electrons. The summed E-state index contributed by atoms with van der Waals surface area (Å²) in [5, 5.41) is 0. The minimum atomic E-state index is -0.544. The fraction of sp³-hybridized carbons (Fsp3) is 0.875. The Morgan fingerprint density at radius 3 is 2.39 bits per heavy atom. The largest absolute Gasteiger partial charge is 0.444 e. The van der Waals surface area contributed by atoms with Gasteiger partial charge < -0.3 is 14.5 Å². The highest BCUT2D eigenvalue weighted by Crippen LogP contribution is 2.26. The topological polar surface area (TPSA) is 53.1 Å². The minimum Gasteiger partial charge on any atom is -0.444 e. The molecule has 0 saturated carbocycles. The zero-order valence-corrected chi connectivity index (χ0v) is 15.7. The average Bonchev–Trinajstić information content (AvgIpc) is 2.94. The maximum absolute atomic E-state index is 12.9. The molecule has 2 aliphatic rings. The molecule has 1 atom stereocenters. The summed E-state index contributed by atoms with van der Waals surface area (Å²) in [6.45, 7) is 7.55. The molecule has 0 bridgehead atoms. The summed E-state index contributed by atoms with van der Waals surface area (Å²) in [6, 6.07) is -0.135. The van der Waals surface area contributed by atoms with Gasteiger partial charge in [-0.2, -0.15) is 0 Å². The van der Waals surface area contributed by atoms with Gasteiger partial charge >= 0.3 is 6.09 Å². The molecule has 132 valence electrons. The van der Waals surface area contributed by atoms with E-state index in [2.05, 4.69) is 11.9 Å². The smallest absolute Gasteiger partial charge is 0.411 e. The van der Waals surface area contributed by atoms with E-state index in [0.29, 0.717) is 11.6 Å². The monoisotopic (exact) mass is 343 g/mol. The number of amides is 2. The van der Waals surface area contributed by atoms with Crippen molar-refractivity contribution in [1.82, 2.24) is 14.7 Å². The average molecular weight is 343 g/mol. The van der Waals surface area contributed by atoms with Crippen molar-refractivity contribution in [3.8, 4) is 0 Å². The van der Waals surface area contributed by atoms with E-state index in [0.717, 1.165) is 25.9 Å². The summed E-state index contributed by atoms with van der Waals surface area (Å²) in [4.78, 5) is 30.9. The van der Waals surface area contributed by atoms with E-state index < -0.39 is 17.7 Å². The lowest BCUT2D eigenvalue weighted by Crippen LogP contribution is -2.53.